The lowest BCUT2D eigenvalue weighted by molar-refractivity contribution is 0.118. The van der Waals surface area contributed by atoms with Crippen molar-refractivity contribution >= 4 is 11.6 Å². The molecule has 20 heavy (non-hydrogen) atoms. The van der Waals surface area contributed by atoms with Crippen molar-refractivity contribution in [3.05, 3.63) is 34.9 Å². The molecule has 2 rings (SSSR count). The van der Waals surface area contributed by atoms with Crippen LogP contribution in [0, 0.1) is 0 Å². The molecule has 1 aliphatic rings. The number of nitrogens with one attached hydrogen (secondary N) is 1. The first-order chi connectivity index (χ1) is 9.72. The van der Waals surface area contributed by atoms with Crippen LogP contribution in [0.25, 0.3) is 0 Å². The highest BCUT2D eigenvalue weighted by molar-refractivity contribution is 6.31. The number of nitrogens with zero attached hydrogens (tertiary/aromatic N) is 1. The summed E-state index contributed by atoms with van der Waals surface area (Å²) in [5.41, 5.74) is 1.20. The van der Waals surface area contributed by atoms with Gasteiger partial charge in [-0.15, -0.1) is 0 Å². The first-order valence-corrected chi connectivity index (χ1v) is 7.81. The second-order valence-corrected chi connectivity index (χ2v) is 5.89. The molecule has 1 saturated heterocycles. The van der Waals surface area contributed by atoms with Crippen molar-refractivity contribution < 1.29 is 4.74 Å². The van der Waals surface area contributed by atoms with E-state index < -0.39 is 0 Å². The topological polar surface area (TPSA) is 24.5 Å². The minimum absolute atomic E-state index is 0.307. The Morgan fingerprint density at radius 1 is 1.45 bits per heavy atom. The largest absolute Gasteiger partial charge is 0.383 e. The third-order valence-electron chi connectivity index (χ3n) is 4.10. The third-order valence-corrected chi connectivity index (χ3v) is 4.45. The number of rotatable bonds is 7. The minimum Gasteiger partial charge on any atom is -0.383 e. The van der Waals surface area contributed by atoms with Gasteiger partial charge >= 0.3 is 0 Å². The molecule has 1 aromatic rings. The van der Waals surface area contributed by atoms with Gasteiger partial charge in [0, 0.05) is 37.3 Å². The molecule has 0 bridgehead atoms. The summed E-state index contributed by atoms with van der Waals surface area (Å²) in [6, 6.07) is 9.03. The van der Waals surface area contributed by atoms with Gasteiger partial charge in [0.15, 0.2) is 0 Å². The minimum atomic E-state index is 0.307. The lowest BCUT2D eigenvalue weighted by Crippen LogP contribution is -2.40. The Morgan fingerprint density at radius 2 is 2.25 bits per heavy atom. The Bertz CT molecular complexity index is 407. The van der Waals surface area contributed by atoms with Crippen LogP contribution in [-0.2, 0) is 4.74 Å². The van der Waals surface area contributed by atoms with E-state index in [-0.39, 0.29) is 0 Å². The Labute approximate surface area is 127 Å². The van der Waals surface area contributed by atoms with E-state index in [0.717, 1.165) is 31.3 Å². The van der Waals surface area contributed by atoms with Gasteiger partial charge in [-0.05, 0) is 37.9 Å². The smallest absolute Gasteiger partial charge is 0.0589 e. The van der Waals surface area contributed by atoms with Gasteiger partial charge in [0.25, 0.3) is 0 Å². The predicted molar refractivity (Wildman–Crippen MR) is 84.3 cm³/mol. The molecule has 1 aliphatic heterocycles. The summed E-state index contributed by atoms with van der Waals surface area (Å²) in [4.78, 5) is 2.47. The number of halogens is 1. The Kier molecular flexibility index (Phi) is 6.30. The zero-order valence-electron chi connectivity index (χ0n) is 12.4. The lowest BCUT2D eigenvalue weighted by Gasteiger charge is -2.32. The van der Waals surface area contributed by atoms with E-state index in [1.807, 2.05) is 12.1 Å². The molecule has 1 aromatic carbocycles. The van der Waals surface area contributed by atoms with E-state index in [0.29, 0.717) is 12.1 Å². The van der Waals surface area contributed by atoms with Gasteiger partial charge in [-0.2, -0.15) is 0 Å². The molecule has 4 heteroatoms. The van der Waals surface area contributed by atoms with E-state index in [1.54, 1.807) is 7.11 Å². The van der Waals surface area contributed by atoms with Crippen LogP contribution in [0.2, 0.25) is 5.02 Å². The molecule has 0 spiro atoms. The van der Waals surface area contributed by atoms with Gasteiger partial charge in [0.2, 0.25) is 0 Å². The number of hydrogen-bond acceptors (Lipinski definition) is 3. The predicted octanol–water partition coefficient (Wildman–Crippen LogP) is 3.10. The monoisotopic (exact) mass is 296 g/mol. The fourth-order valence-corrected chi connectivity index (χ4v) is 3.15. The van der Waals surface area contributed by atoms with Crippen LogP contribution >= 0.6 is 11.6 Å². The highest BCUT2D eigenvalue weighted by Crippen LogP contribution is 2.27. The van der Waals surface area contributed by atoms with Crippen molar-refractivity contribution in [2.45, 2.75) is 31.8 Å². The standard InChI is InChI=1S/C16H25ClN2O/c1-13(15-7-3-4-8-16(15)17)19(10-11-20-2)12-14-6-5-9-18-14/h3-4,7-8,13-14,18H,5-6,9-12H2,1-2H3. The molecule has 0 saturated carbocycles. The maximum atomic E-state index is 6.34. The molecule has 1 heterocycles. The number of ether oxygens (including phenoxy) is 1. The number of hydrogen-bond donors (Lipinski definition) is 1. The van der Waals surface area contributed by atoms with Gasteiger partial charge in [-0.1, -0.05) is 29.8 Å². The van der Waals surface area contributed by atoms with Crippen LogP contribution in [-0.4, -0.2) is 44.3 Å². The maximum absolute atomic E-state index is 6.34. The zero-order chi connectivity index (χ0) is 14.4. The maximum Gasteiger partial charge on any atom is 0.0589 e. The molecular weight excluding hydrogens is 272 g/mol. The number of methoxy groups -OCH3 is 1. The summed E-state index contributed by atoms with van der Waals surface area (Å²) >= 11 is 6.34. The molecule has 1 N–H and O–H groups in total. The number of benzene rings is 1. The molecule has 0 aromatic heterocycles. The van der Waals surface area contributed by atoms with Crippen LogP contribution in [0.3, 0.4) is 0 Å². The highest BCUT2D eigenvalue weighted by atomic mass is 35.5. The van der Waals surface area contributed by atoms with Crippen molar-refractivity contribution in [2.24, 2.45) is 0 Å². The quantitative estimate of drug-likeness (QED) is 0.837. The molecular formula is C16H25ClN2O. The lowest BCUT2D eigenvalue weighted by atomic mass is 10.1. The van der Waals surface area contributed by atoms with Gasteiger partial charge in [0.1, 0.15) is 0 Å². The second-order valence-electron chi connectivity index (χ2n) is 5.48. The first-order valence-electron chi connectivity index (χ1n) is 7.43. The van der Waals surface area contributed by atoms with Gasteiger partial charge in [-0.3, -0.25) is 4.90 Å². The molecule has 112 valence electrons. The normalized spacial score (nSPS) is 20.5. The van der Waals surface area contributed by atoms with Gasteiger partial charge in [-0.25, -0.2) is 0 Å². The third kappa shape index (κ3) is 4.19. The SMILES string of the molecule is COCCN(CC1CCCN1)C(C)c1ccccc1Cl. The van der Waals surface area contributed by atoms with Crippen LogP contribution in [0.15, 0.2) is 24.3 Å². The van der Waals surface area contributed by atoms with Crippen molar-refractivity contribution in [3.8, 4) is 0 Å². The Balaban J connectivity index is 2.06. The molecule has 2 unspecified atom stereocenters. The molecule has 0 radical (unpaired) electrons. The van der Waals surface area contributed by atoms with Crippen LogP contribution in [0.4, 0.5) is 0 Å². The van der Waals surface area contributed by atoms with Gasteiger partial charge in [0.05, 0.1) is 6.61 Å². The molecule has 2 atom stereocenters. The average Bonchev–Trinajstić information content (AvgIpc) is 2.96. The van der Waals surface area contributed by atoms with Crippen LogP contribution in [0.1, 0.15) is 31.4 Å². The highest BCUT2D eigenvalue weighted by Gasteiger charge is 2.23. The Hall–Kier alpha value is -0.610. The molecule has 3 nitrogen and oxygen atoms in total. The second kappa shape index (κ2) is 7.99. The van der Waals surface area contributed by atoms with E-state index in [9.17, 15) is 0 Å². The summed E-state index contributed by atoms with van der Waals surface area (Å²) < 4.78 is 5.26. The van der Waals surface area contributed by atoms with E-state index in [2.05, 4.69) is 29.3 Å². The van der Waals surface area contributed by atoms with Crippen LogP contribution < -0.4 is 5.32 Å². The zero-order valence-corrected chi connectivity index (χ0v) is 13.2. The fraction of sp³-hybridized carbons (Fsp3) is 0.625. The molecule has 0 aliphatic carbocycles. The summed E-state index contributed by atoms with van der Waals surface area (Å²) in [7, 11) is 1.76. The van der Waals surface area contributed by atoms with E-state index >= 15 is 0 Å². The van der Waals surface area contributed by atoms with E-state index in [4.69, 9.17) is 16.3 Å². The van der Waals surface area contributed by atoms with E-state index in [1.165, 1.54) is 18.4 Å². The first kappa shape index (κ1) is 15.8. The summed E-state index contributed by atoms with van der Waals surface area (Å²) in [5.74, 6) is 0. The fourth-order valence-electron chi connectivity index (χ4n) is 2.86. The Morgan fingerprint density at radius 3 is 2.90 bits per heavy atom. The van der Waals surface area contributed by atoms with Crippen LogP contribution in [0.5, 0.6) is 0 Å². The van der Waals surface area contributed by atoms with Gasteiger partial charge < -0.3 is 10.1 Å². The van der Waals surface area contributed by atoms with Crippen molar-refractivity contribution in [1.29, 1.82) is 0 Å². The van der Waals surface area contributed by atoms with Crippen molar-refractivity contribution in [2.75, 3.05) is 33.4 Å². The van der Waals surface area contributed by atoms with Crippen molar-refractivity contribution in [3.63, 3.8) is 0 Å². The summed E-state index contributed by atoms with van der Waals surface area (Å²) in [6.07, 6.45) is 2.54. The molecule has 0 amide bonds. The molecule has 1 fully saturated rings. The summed E-state index contributed by atoms with van der Waals surface area (Å²) in [6.45, 7) is 6.10. The average molecular weight is 297 g/mol. The summed E-state index contributed by atoms with van der Waals surface area (Å²) in [5, 5.41) is 4.42. The van der Waals surface area contributed by atoms with Crippen molar-refractivity contribution in [1.82, 2.24) is 10.2 Å².